The summed E-state index contributed by atoms with van der Waals surface area (Å²) < 4.78 is 40.3. The number of hydrogen-bond donors (Lipinski definition) is 1. The molecule has 1 aromatic carbocycles. The summed E-state index contributed by atoms with van der Waals surface area (Å²) in [6.45, 7) is 2.02. The van der Waals surface area contributed by atoms with Gasteiger partial charge in [-0.25, -0.2) is 12.8 Å². The molecule has 1 aromatic rings. The third-order valence-electron chi connectivity index (χ3n) is 5.35. The van der Waals surface area contributed by atoms with E-state index in [-0.39, 0.29) is 23.0 Å². The van der Waals surface area contributed by atoms with Crippen molar-refractivity contribution in [2.75, 3.05) is 33.2 Å². The summed E-state index contributed by atoms with van der Waals surface area (Å²) in [5, 5.41) is 2.87. The fraction of sp³-hybridized carbons (Fsp3) is 0.588. The van der Waals surface area contributed by atoms with E-state index in [4.69, 9.17) is 0 Å². The molecule has 0 saturated carbocycles. The number of carbonyl (C=O) groups excluding carboxylic acids is 1. The van der Waals surface area contributed by atoms with Crippen molar-refractivity contribution >= 4 is 15.9 Å². The van der Waals surface area contributed by atoms with Gasteiger partial charge in [-0.05, 0) is 37.6 Å². The lowest BCUT2D eigenvalue weighted by atomic mass is 9.87. The van der Waals surface area contributed by atoms with Gasteiger partial charge < -0.3 is 5.32 Å². The van der Waals surface area contributed by atoms with E-state index in [1.54, 1.807) is 0 Å². The number of hydrogen-bond acceptors (Lipinski definition) is 4. The minimum absolute atomic E-state index is 0.0246. The lowest BCUT2D eigenvalue weighted by molar-refractivity contribution is -0.121. The van der Waals surface area contributed by atoms with Crippen LogP contribution < -0.4 is 5.32 Å². The summed E-state index contributed by atoms with van der Waals surface area (Å²) in [7, 11) is -1.49. The topological polar surface area (TPSA) is 69.7 Å². The van der Waals surface area contributed by atoms with Crippen molar-refractivity contribution in [3.63, 3.8) is 0 Å². The summed E-state index contributed by atoms with van der Waals surface area (Å²) in [4.78, 5) is 13.9. The van der Waals surface area contributed by atoms with Crippen LogP contribution in [0.25, 0.3) is 0 Å². The van der Waals surface area contributed by atoms with Gasteiger partial charge in [0.1, 0.15) is 5.82 Å². The summed E-state index contributed by atoms with van der Waals surface area (Å²) in [6, 6.07) is 5.57. The van der Waals surface area contributed by atoms with E-state index in [1.807, 2.05) is 7.05 Å². The Morgan fingerprint density at radius 2 is 1.92 bits per heavy atom. The van der Waals surface area contributed by atoms with Gasteiger partial charge in [0.05, 0.1) is 5.75 Å². The van der Waals surface area contributed by atoms with Crippen LogP contribution in [-0.4, -0.2) is 62.3 Å². The van der Waals surface area contributed by atoms with Gasteiger partial charge in [0.2, 0.25) is 15.9 Å². The van der Waals surface area contributed by atoms with Crippen molar-refractivity contribution in [2.45, 2.75) is 30.6 Å². The minimum Gasteiger partial charge on any atom is -0.356 e. The molecule has 1 N–H and O–H groups in total. The molecule has 25 heavy (non-hydrogen) atoms. The van der Waals surface area contributed by atoms with Crippen molar-refractivity contribution in [1.82, 2.24) is 14.5 Å². The van der Waals surface area contributed by atoms with Crippen LogP contribution in [0.1, 0.15) is 24.8 Å². The molecular weight excluding hydrogens is 345 g/mol. The monoisotopic (exact) mass is 369 g/mol. The first-order chi connectivity index (χ1) is 11.8. The van der Waals surface area contributed by atoms with Crippen LogP contribution in [0.15, 0.2) is 24.3 Å². The molecule has 2 saturated heterocycles. The van der Waals surface area contributed by atoms with Crippen molar-refractivity contribution in [3.8, 4) is 0 Å². The first kappa shape index (κ1) is 18.3. The van der Waals surface area contributed by atoms with E-state index >= 15 is 0 Å². The largest absolute Gasteiger partial charge is 0.356 e. The Labute approximate surface area is 148 Å². The molecule has 138 valence electrons. The standard InChI is InChI=1S/C17H24FN3O3S/c1-20-10-11-21(13-17(20)7-6-16(22)19-9-8-17)25(23,24)12-14-2-4-15(18)5-3-14/h2-5H,6-13H2,1H3,(H,19,22). The van der Waals surface area contributed by atoms with Gasteiger partial charge >= 0.3 is 0 Å². The van der Waals surface area contributed by atoms with Crippen LogP contribution in [0.4, 0.5) is 4.39 Å². The first-order valence-electron chi connectivity index (χ1n) is 8.51. The maximum absolute atomic E-state index is 13.0. The molecule has 8 heteroatoms. The number of halogens is 1. The minimum atomic E-state index is -3.49. The molecule has 1 amide bonds. The van der Waals surface area contributed by atoms with E-state index in [2.05, 4.69) is 10.2 Å². The van der Waals surface area contributed by atoms with E-state index in [9.17, 15) is 17.6 Å². The predicted molar refractivity (Wildman–Crippen MR) is 92.8 cm³/mol. The highest BCUT2D eigenvalue weighted by Crippen LogP contribution is 2.32. The molecule has 2 fully saturated rings. The maximum atomic E-state index is 13.0. The third kappa shape index (κ3) is 4.02. The van der Waals surface area contributed by atoms with Crippen LogP contribution in [-0.2, 0) is 20.6 Å². The Hall–Kier alpha value is -1.51. The molecule has 1 atom stereocenters. The fourth-order valence-corrected chi connectivity index (χ4v) is 5.27. The average Bonchev–Trinajstić information content (AvgIpc) is 2.75. The van der Waals surface area contributed by atoms with Crippen molar-refractivity contribution in [3.05, 3.63) is 35.6 Å². The highest BCUT2D eigenvalue weighted by atomic mass is 32.2. The lowest BCUT2D eigenvalue weighted by Gasteiger charge is -2.48. The zero-order valence-corrected chi connectivity index (χ0v) is 15.2. The second-order valence-electron chi connectivity index (χ2n) is 6.96. The second-order valence-corrected chi connectivity index (χ2v) is 8.93. The number of likely N-dealkylation sites (N-methyl/N-ethyl adjacent to an activating group) is 1. The van der Waals surface area contributed by atoms with Gasteiger partial charge in [-0.1, -0.05) is 12.1 Å². The molecule has 0 bridgehead atoms. The summed E-state index contributed by atoms with van der Waals surface area (Å²) in [6.07, 6.45) is 1.80. The Bertz CT molecular complexity index is 738. The van der Waals surface area contributed by atoms with Crippen LogP contribution in [0.5, 0.6) is 0 Å². The number of amides is 1. The van der Waals surface area contributed by atoms with Crippen molar-refractivity contribution < 1.29 is 17.6 Å². The molecule has 0 radical (unpaired) electrons. The quantitative estimate of drug-likeness (QED) is 0.861. The van der Waals surface area contributed by atoms with Crippen molar-refractivity contribution in [1.29, 1.82) is 0 Å². The van der Waals surface area contributed by atoms with Crippen LogP contribution in [0.2, 0.25) is 0 Å². The summed E-state index contributed by atoms with van der Waals surface area (Å²) in [5.41, 5.74) is 0.264. The van der Waals surface area contributed by atoms with E-state index in [1.165, 1.54) is 28.6 Å². The number of benzene rings is 1. The first-order valence-corrected chi connectivity index (χ1v) is 10.1. The summed E-state index contributed by atoms with van der Waals surface area (Å²) >= 11 is 0. The molecule has 1 unspecified atom stereocenters. The molecule has 0 aromatic heterocycles. The van der Waals surface area contributed by atoms with Crippen LogP contribution in [0.3, 0.4) is 0 Å². The van der Waals surface area contributed by atoms with Gasteiger partial charge in [0, 0.05) is 38.1 Å². The lowest BCUT2D eigenvalue weighted by Crippen LogP contribution is -2.62. The number of piperazine rings is 1. The number of carbonyl (C=O) groups is 1. The van der Waals surface area contributed by atoms with Gasteiger partial charge in [0.25, 0.3) is 0 Å². The average molecular weight is 369 g/mol. The van der Waals surface area contributed by atoms with Crippen LogP contribution >= 0.6 is 0 Å². The third-order valence-corrected chi connectivity index (χ3v) is 7.15. The van der Waals surface area contributed by atoms with Gasteiger partial charge in [-0.2, -0.15) is 4.31 Å². The Kier molecular flexibility index (Phi) is 5.13. The Morgan fingerprint density at radius 1 is 1.20 bits per heavy atom. The van der Waals surface area contributed by atoms with Gasteiger partial charge in [0.15, 0.2) is 0 Å². The SMILES string of the molecule is CN1CCN(S(=O)(=O)Cc2ccc(F)cc2)CC12CCNC(=O)CC2. The zero-order valence-electron chi connectivity index (χ0n) is 14.4. The molecule has 2 heterocycles. The number of nitrogens with one attached hydrogen (secondary N) is 1. The highest BCUT2D eigenvalue weighted by Gasteiger charge is 2.43. The van der Waals surface area contributed by atoms with Gasteiger partial charge in [-0.3, -0.25) is 9.69 Å². The predicted octanol–water partition coefficient (Wildman–Crippen LogP) is 0.942. The highest BCUT2D eigenvalue weighted by molar-refractivity contribution is 7.88. The fourth-order valence-electron chi connectivity index (χ4n) is 3.68. The Morgan fingerprint density at radius 3 is 2.64 bits per heavy atom. The molecule has 1 spiro atoms. The van der Waals surface area contributed by atoms with E-state index in [0.717, 1.165) is 6.42 Å². The molecule has 2 aliphatic heterocycles. The smallest absolute Gasteiger partial charge is 0.220 e. The number of sulfonamides is 1. The second kappa shape index (κ2) is 7.01. The molecule has 2 aliphatic rings. The maximum Gasteiger partial charge on any atom is 0.220 e. The van der Waals surface area contributed by atoms with Crippen molar-refractivity contribution in [2.24, 2.45) is 0 Å². The molecule has 6 nitrogen and oxygen atoms in total. The van der Waals surface area contributed by atoms with Crippen LogP contribution in [0, 0.1) is 5.82 Å². The van der Waals surface area contributed by atoms with E-state index < -0.39 is 10.0 Å². The number of nitrogens with zero attached hydrogens (tertiary/aromatic N) is 2. The Balaban J connectivity index is 1.77. The zero-order chi connectivity index (χ0) is 18.1. The molecule has 3 rings (SSSR count). The van der Waals surface area contributed by atoms with Gasteiger partial charge in [-0.15, -0.1) is 0 Å². The molecule has 0 aliphatic carbocycles. The van der Waals surface area contributed by atoms with E-state index in [0.29, 0.717) is 44.6 Å². The summed E-state index contributed by atoms with van der Waals surface area (Å²) in [5.74, 6) is -0.489. The normalized spacial score (nSPS) is 26.4. The number of rotatable bonds is 3. The molecular formula is C17H24FN3O3S.